The molecule has 18 heavy (non-hydrogen) atoms. The Morgan fingerprint density at radius 1 is 1.11 bits per heavy atom. The molecule has 0 saturated heterocycles. The number of hydrogen-bond acceptors (Lipinski definition) is 4. The summed E-state index contributed by atoms with van der Waals surface area (Å²) in [6.45, 7) is 6.96. The van der Waals surface area contributed by atoms with Crippen molar-refractivity contribution in [3.63, 3.8) is 0 Å². The zero-order valence-electron chi connectivity index (χ0n) is 11.1. The fourth-order valence-electron chi connectivity index (χ4n) is 1.65. The van der Waals surface area contributed by atoms with Crippen molar-refractivity contribution in [3.8, 4) is 11.4 Å². The zero-order chi connectivity index (χ0) is 13.0. The number of nitrogens with one attached hydrogen (secondary N) is 1. The molecule has 0 unspecified atom stereocenters. The molecule has 2 aromatic heterocycles. The van der Waals surface area contributed by atoms with Gasteiger partial charge in [0.15, 0.2) is 5.82 Å². The van der Waals surface area contributed by atoms with Gasteiger partial charge in [0, 0.05) is 12.7 Å². The van der Waals surface area contributed by atoms with Crippen LogP contribution in [0.4, 0.5) is 5.82 Å². The number of hydrogen-bond donors (Lipinski definition) is 1. The van der Waals surface area contributed by atoms with Crippen LogP contribution in [-0.4, -0.2) is 21.5 Å². The molecule has 0 aliphatic carbocycles. The van der Waals surface area contributed by atoms with E-state index in [1.165, 1.54) is 0 Å². The van der Waals surface area contributed by atoms with Gasteiger partial charge in [0.05, 0.1) is 17.1 Å². The number of aromatic nitrogens is 3. The standard InChI is InChI=1S/C14H18N4/c1-4-8-16-14-13(12-7-5-6-9-15-12)17-10(2)11(3)18-14/h5-7,9H,4,8H2,1-3H3,(H,16,18). The Hall–Kier alpha value is -1.97. The molecule has 4 nitrogen and oxygen atoms in total. The zero-order valence-corrected chi connectivity index (χ0v) is 11.1. The quantitative estimate of drug-likeness (QED) is 0.895. The third-order valence-corrected chi connectivity index (χ3v) is 2.76. The number of pyridine rings is 1. The lowest BCUT2D eigenvalue weighted by molar-refractivity contribution is 0.952. The summed E-state index contributed by atoms with van der Waals surface area (Å²) in [5.41, 5.74) is 3.57. The molecule has 0 atom stereocenters. The molecule has 0 saturated carbocycles. The monoisotopic (exact) mass is 242 g/mol. The molecule has 94 valence electrons. The summed E-state index contributed by atoms with van der Waals surface area (Å²) in [5.74, 6) is 0.818. The van der Waals surface area contributed by atoms with Gasteiger partial charge >= 0.3 is 0 Å². The smallest absolute Gasteiger partial charge is 0.154 e. The van der Waals surface area contributed by atoms with E-state index in [2.05, 4.69) is 27.2 Å². The predicted octanol–water partition coefficient (Wildman–Crippen LogP) is 2.98. The van der Waals surface area contributed by atoms with Gasteiger partial charge in [-0.2, -0.15) is 0 Å². The topological polar surface area (TPSA) is 50.7 Å². The van der Waals surface area contributed by atoms with E-state index in [4.69, 9.17) is 0 Å². The van der Waals surface area contributed by atoms with Crippen molar-refractivity contribution < 1.29 is 0 Å². The minimum Gasteiger partial charge on any atom is -0.368 e. The molecular weight excluding hydrogens is 224 g/mol. The lowest BCUT2D eigenvalue weighted by atomic mass is 10.2. The second kappa shape index (κ2) is 5.58. The second-order valence-corrected chi connectivity index (χ2v) is 4.23. The van der Waals surface area contributed by atoms with Crippen LogP contribution in [0.25, 0.3) is 11.4 Å². The highest BCUT2D eigenvalue weighted by atomic mass is 15.0. The van der Waals surface area contributed by atoms with Crippen LogP contribution in [0, 0.1) is 13.8 Å². The van der Waals surface area contributed by atoms with E-state index in [0.717, 1.165) is 41.6 Å². The molecule has 0 bridgehead atoms. The highest BCUT2D eigenvalue weighted by molar-refractivity contribution is 5.68. The van der Waals surface area contributed by atoms with Gasteiger partial charge in [-0.1, -0.05) is 13.0 Å². The van der Waals surface area contributed by atoms with Gasteiger partial charge in [-0.05, 0) is 32.4 Å². The number of anilines is 1. The van der Waals surface area contributed by atoms with Crippen LogP contribution in [-0.2, 0) is 0 Å². The molecule has 4 heteroatoms. The van der Waals surface area contributed by atoms with Gasteiger partial charge in [-0.15, -0.1) is 0 Å². The van der Waals surface area contributed by atoms with E-state index < -0.39 is 0 Å². The van der Waals surface area contributed by atoms with Crippen LogP contribution >= 0.6 is 0 Å². The third kappa shape index (κ3) is 2.64. The Labute approximate surface area is 108 Å². The summed E-state index contributed by atoms with van der Waals surface area (Å²) in [7, 11) is 0. The van der Waals surface area contributed by atoms with Gasteiger partial charge in [0.2, 0.25) is 0 Å². The van der Waals surface area contributed by atoms with Crippen molar-refractivity contribution >= 4 is 5.82 Å². The fourth-order valence-corrected chi connectivity index (χ4v) is 1.65. The Bertz CT molecular complexity index is 523. The highest BCUT2D eigenvalue weighted by Crippen LogP contribution is 2.23. The van der Waals surface area contributed by atoms with Crippen molar-refractivity contribution in [2.75, 3.05) is 11.9 Å². The number of aryl methyl sites for hydroxylation is 2. The van der Waals surface area contributed by atoms with Crippen molar-refractivity contribution in [2.45, 2.75) is 27.2 Å². The van der Waals surface area contributed by atoms with Crippen LogP contribution in [0.5, 0.6) is 0 Å². The van der Waals surface area contributed by atoms with E-state index in [9.17, 15) is 0 Å². The summed E-state index contributed by atoms with van der Waals surface area (Å²) < 4.78 is 0. The van der Waals surface area contributed by atoms with Crippen LogP contribution in [0.2, 0.25) is 0 Å². The highest BCUT2D eigenvalue weighted by Gasteiger charge is 2.11. The maximum Gasteiger partial charge on any atom is 0.154 e. The van der Waals surface area contributed by atoms with Gasteiger partial charge in [0.1, 0.15) is 5.69 Å². The van der Waals surface area contributed by atoms with Crippen LogP contribution in [0.15, 0.2) is 24.4 Å². The van der Waals surface area contributed by atoms with Gasteiger partial charge in [-0.3, -0.25) is 4.98 Å². The first kappa shape index (κ1) is 12.5. The largest absolute Gasteiger partial charge is 0.368 e. The normalized spacial score (nSPS) is 10.4. The molecule has 0 radical (unpaired) electrons. The second-order valence-electron chi connectivity index (χ2n) is 4.23. The summed E-state index contributed by atoms with van der Waals surface area (Å²) in [5, 5.41) is 3.32. The van der Waals surface area contributed by atoms with Crippen LogP contribution in [0.1, 0.15) is 24.7 Å². The minimum absolute atomic E-state index is 0.818. The third-order valence-electron chi connectivity index (χ3n) is 2.76. The molecule has 0 fully saturated rings. The molecule has 2 heterocycles. The Morgan fingerprint density at radius 2 is 1.89 bits per heavy atom. The van der Waals surface area contributed by atoms with Crippen molar-refractivity contribution in [1.82, 2.24) is 15.0 Å². The molecular formula is C14H18N4. The fraction of sp³-hybridized carbons (Fsp3) is 0.357. The molecule has 0 aliphatic rings. The Morgan fingerprint density at radius 3 is 2.56 bits per heavy atom. The van der Waals surface area contributed by atoms with E-state index in [-0.39, 0.29) is 0 Å². The SMILES string of the molecule is CCCNc1nc(C)c(C)nc1-c1ccccn1. The summed E-state index contributed by atoms with van der Waals surface area (Å²) in [4.78, 5) is 13.5. The number of nitrogens with zero attached hydrogens (tertiary/aromatic N) is 3. The van der Waals surface area contributed by atoms with Crippen molar-refractivity contribution in [1.29, 1.82) is 0 Å². The van der Waals surface area contributed by atoms with Crippen LogP contribution < -0.4 is 5.32 Å². The average molecular weight is 242 g/mol. The minimum atomic E-state index is 0.818. The first-order valence-electron chi connectivity index (χ1n) is 6.23. The first-order chi connectivity index (χ1) is 8.72. The summed E-state index contributed by atoms with van der Waals surface area (Å²) in [6.07, 6.45) is 2.83. The van der Waals surface area contributed by atoms with E-state index in [1.54, 1.807) is 6.20 Å². The molecule has 0 spiro atoms. The first-order valence-corrected chi connectivity index (χ1v) is 6.23. The van der Waals surface area contributed by atoms with E-state index >= 15 is 0 Å². The maximum atomic E-state index is 4.61. The molecule has 0 aliphatic heterocycles. The van der Waals surface area contributed by atoms with Crippen molar-refractivity contribution in [3.05, 3.63) is 35.8 Å². The lowest BCUT2D eigenvalue weighted by Crippen LogP contribution is -2.08. The molecule has 2 aromatic rings. The summed E-state index contributed by atoms with van der Waals surface area (Å²) in [6, 6.07) is 5.82. The Balaban J connectivity index is 2.47. The average Bonchev–Trinajstić information content (AvgIpc) is 2.40. The molecule has 0 amide bonds. The summed E-state index contributed by atoms with van der Waals surface area (Å²) >= 11 is 0. The molecule has 1 N–H and O–H groups in total. The molecule has 0 aromatic carbocycles. The van der Waals surface area contributed by atoms with Gasteiger partial charge in [0.25, 0.3) is 0 Å². The maximum absolute atomic E-state index is 4.61. The Kier molecular flexibility index (Phi) is 3.87. The van der Waals surface area contributed by atoms with Gasteiger partial charge < -0.3 is 5.32 Å². The predicted molar refractivity (Wildman–Crippen MR) is 73.5 cm³/mol. The van der Waals surface area contributed by atoms with Crippen molar-refractivity contribution in [2.24, 2.45) is 0 Å². The van der Waals surface area contributed by atoms with E-state index in [0.29, 0.717) is 0 Å². The van der Waals surface area contributed by atoms with Gasteiger partial charge in [-0.25, -0.2) is 9.97 Å². The van der Waals surface area contributed by atoms with Crippen LogP contribution in [0.3, 0.4) is 0 Å². The number of rotatable bonds is 4. The van der Waals surface area contributed by atoms with E-state index in [1.807, 2.05) is 32.0 Å². The lowest BCUT2D eigenvalue weighted by Gasteiger charge is -2.11. The molecule has 2 rings (SSSR count).